The van der Waals surface area contributed by atoms with Crippen molar-refractivity contribution in [2.45, 2.75) is 4.90 Å². The number of hydrogen-bond donors (Lipinski definition) is 1. The van der Waals surface area contributed by atoms with Crippen LogP contribution in [0.1, 0.15) is 10.4 Å². The summed E-state index contributed by atoms with van der Waals surface area (Å²) in [5, 5.41) is 9.44. The van der Waals surface area contributed by atoms with Gasteiger partial charge in [-0.05, 0) is 30.3 Å². The maximum atomic E-state index is 12.5. The predicted molar refractivity (Wildman–Crippen MR) is 80.4 cm³/mol. The van der Waals surface area contributed by atoms with Crippen molar-refractivity contribution in [3.8, 4) is 0 Å². The van der Waals surface area contributed by atoms with E-state index in [-0.39, 0.29) is 21.2 Å². The third-order valence-corrected chi connectivity index (χ3v) is 4.93. The van der Waals surface area contributed by atoms with Crippen LogP contribution in [0.3, 0.4) is 0 Å². The average Bonchev–Trinajstić information content (AvgIpc) is 2.46. The summed E-state index contributed by atoms with van der Waals surface area (Å²) in [6.07, 6.45) is 0. The van der Waals surface area contributed by atoms with Crippen LogP contribution in [0, 0.1) is 0 Å². The quantitative estimate of drug-likeness (QED) is 0.938. The van der Waals surface area contributed by atoms with E-state index in [0.29, 0.717) is 0 Å². The van der Waals surface area contributed by atoms with Gasteiger partial charge in [-0.2, -0.15) is 0 Å². The highest BCUT2D eigenvalue weighted by atomic mass is 35.5. The summed E-state index contributed by atoms with van der Waals surface area (Å²) in [6, 6.07) is 11.7. The first kappa shape index (κ1) is 15.3. The zero-order valence-electron chi connectivity index (χ0n) is 11.0. The number of aromatic carboxylic acids is 1. The Balaban J connectivity index is 2.54. The first-order valence-electron chi connectivity index (χ1n) is 5.91. The Bertz CT molecular complexity index is 789. The van der Waals surface area contributed by atoms with E-state index >= 15 is 0 Å². The molecule has 2 aromatic carbocycles. The summed E-state index contributed by atoms with van der Waals surface area (Å²) in [6.45, 7) is 0. The molecule has 0 saturated heterocycles. The zero-order chi connectivity index (χ0) is 15.6. The fourth-order valence-electron chi connectivity index (χ4n) is 1.84. The number of rotatable bonds is 4. The van der Waals surface area contributed by atoms with Gasteiger partial charge < -0.3 is 5.11 Å². The molecule has 0 aliphatic rings. The van der Waals surface area contributed by atoms with Gasteiger partial charge in [0.15, 0.2) is 0 Å². The van der Waals surface area contributed by atoms with Crippen LogP contribution in [0.15, 0.2) is 53.4 Å². The highest BCUT2D eigenvalue weighted by molar-refractivity contribution is 7.92. The lowest BCUT2D eigenvalue weighted by atomic mass is 10.2. The molecule has 2 aromatic rings. The lowest BCUT2D eigenvalue weighted by Crippen LogP contribution is -2.28. The van der Waals surface area contributed by atoms with E-state index in [9.17, 15) is 13.2 Å². The third kappa shape index (κ3) is 3.01. The van der Waals surface area contributed by atoms with E-state index in [0.717, 1.165) is 4.31 Å². The number of anilines is 1. The molecule has 0 spiro atoms. The highest BCUT2D eigenvalue weighted by Crippen LogP contribution is 2.26. The molecule has 7 heteroatoms. The van der Waals surface area contributed by atoms with Gasteiger partial charge in [0, 0.05) is 12.1 Å². The van der Waals surface area contributed by atoms with Crippen LogP contribution in [-0.4, -0.2) is 26.5 Å². The number of hydrogen-bond acceptors (Lipinski definition) is 3. The number of benzene rings is 2. The Morgan fingerprint density at radius 1 is 1.14 bits per heavy atom. The number of para-hydroxylation sites is 1. The SMILES string of the molecule is CN(c1ccccc1C(=O)O)S(=O)(=O)c1cccc(Cl)c1. The van der Waals surface area contributed by atoms with Gasteiger partial charge in [0.1, 0.15) is 0 Å². The molecule has 0 unspecified atom stereocenters. The number of sulfonamides is 1. The van der Waals surface area contributed by atoms with Crippen molar-refractivity contribution in [3.05, 3.63) is 59.1 Å². The molecule has 0 saturated carbocycles. The number of carboxylic acid groups (broad SMARTS) is 1. The van der Waals surface area contributed by atoms with Crippen LogP contribution in [-0.2, 0) is 10.0 Å². The van der Waals surface area contributed by atoms with E-state index in [2.05, 4.69) is 0 Å². The molecule has 1 N–H and O–H groups in total. The molecule has 0 heterocycles. The number of carbonyl (C=O) groups is 1. The summed E-state index contributed by atoms with van der Waals surface area (Å²) in [5.41, 5.74) is -0.00409. The Kier molecular flexibility index (Phi) is 4.20. The van der Waals surface area contributed by atoms with Crippen molar-refractivity contribution in [1.82, 2.24) is 0 Å². The monoisotopic (exact) mass is 325 g/mol. The van der Waals surface area contributed by atoms with Gasteiger partial charge in [-0.3, -0.25) is 4.31 Å². The van der Waals surface area contributed by atoms with E-state index in [1.54, 1.807) is 12.1 Å². The minimum absolute atomic E-state index is 0.00214. The molecule has 0 atom stereocenters. The second-order valence-electron chi connectivity index (χ2n) is 4.25. The lowest BCUT2D eigenvalue weighted by molar-refractivity contribution is 0.0698. The van der Waals surface area contributed by atoms with Crippen LogP contribution >= 0.6 is 11.6 Å². The maximum Gasteiger partial charge on any atom is 0.337 e. The molecule has 0 amide bonds. The van der Waals surface area contributed by atoms with E-state index in [4.69, 9.17) is 16.7 Å². The van der Waals surface area contributed by atoms with Crippen molar-refractivity contribution in [2.75, 3.05) is 11.4 Å². The van der Waals surface area contributed by atoms with Gasteiger partial charge in [-0.25, -0.2) is 13.2 Å². The molecule has 21 heavy (non-hydrogen) atoms. The van der Waals surface area contributed by atoms with Crippen LogP contribution in [0.4, 0.5) is 5.69 Å². The molecule has 5 nitrogen and oxygen atoms in total. The molecular formula is C14H12ClNO4S. The van der Waals surface area contributed by atoms with Gasteiger partial charge >= 0.3 is 5.97 Å². The maximum absolute atomic E-state index is 12.5. The van der Waals surface area contributed by atoms with E-state index in [1.165, 1.54) is 43.4 Å². The normalized spacial score (nSPS) is 11.1. The smallest absolute Gasteiger partial charge is 0.337 e. The van der Waals surface area contributed by atoms with Crippen molar-refractivity contribution in [1.29, 1.82) is 0 Å². The summed E-state index contributed by atoms with van der Waals surface area (Å²) in [4.78, 5) is 11.2. The molecule has 0 aliphatic carbocycles. The van der Waals surface area contributed by atoms with Crippen molar-refractivity contribution in [3.63, 3.8) is 0 Å². The van der Waals surface area contributed by atoms with Gasteiger partial charge in [-0.1, -0.05) is 29.8 Å². The van der Waals surface area contributed by atoms with Crippen LogP contribution in [0.25, 0.3) is 0 Å². The molecule has 0 aliphatic heterocycles. The second-order valence-corrected chi connectivity index (χ2v) is 6.66. The average molecular weight is 326 g/mol. The minimum Gasteiger partial charge on any atom is -0.478 e. The van der Waals surface area contributed by atoms with Crippen molar-refractivity contribution >= 4 is 33.3 Å². The van der Waals surface area contributed by atoms with Crippen LogP contribution in [0.5, 0.6) is 0 Å². The highest BCUT2D eigenvalue weighted by Gasteiger charge is 2.24. The number of nitrogens with zero attached hydrogens (tertiary/aromatic N) is 1. The summed E-state index contributed by atoms with van der Waals surface area (Å²) >= 11 is 5.81. The molecule has 2 rings (SSSR count). The standard InChI is InChI=1S/C14H12ClNO4S/c1-16(13-8-3-2-7-12(13)14(17)18)21(19,20)11-6-4-5-10(15)9-11/h2-9H,1H3,(H,17,18). The zero-order valence-corrected chi connectivity index (χ0v) is 12.6. The Morgan fingerprint density at radius 2 is 1.81 bits per heavy atom. The van der Waals surface area contributed by atoms with Gasteiger partial charge in [0.2, 0.25) is 0 Å². The fraction of sp³-hybridized carbons (Fsp3) is 0.0714. The Labute approximate surface area is 127 Å². The van der Waals surface area contributed by atoms with E-state index < -0.39 is 16.0 Å². The third-order valence-electron chi connectivity index (χ3n) is 2.93. The summed E-state index contributed by atoms with van der Waals surface area (Å²) in [5.74, 6) is -1.20. The minimum atomic E-state index is -3.88. The summed E-state index contributed by atoms with van der Waals surface area (Å²) in [7, 11) is -2.58. The van der Waals surface area contributed by atoms with Crippen LogP contribution in [0.2, 0.25) is 5.02 Å². The molecule has 0 fully saturated rings. The molecule has 0 bridgehead atoms. The lowest BCUT2D eigenvalue weighted by Gasteiger charge is -2.21. The molecule has 0 aromatic heterocycles. The second kappa shape index (κ2) is 5.75. The first-order valence-corrected chi connectivity index (χ1v) is 7.72. The van der Waals surface area contributed by atoms with Gasteiger partial charge in [0.05, 0.1) is 16.1 Å². The van der Waals surface area contributed by atoms with Crippen LogP contribution < -0.4 is 4.31 Å². The predicted octanol–water partition coefficient (Wildman–Crippen LogP) is 2.86. The number of halogens is 1. The largest absolute Gasteiger partial charge is 0.478 e. The number of carboxylic acids is 1. The van der Waals surface area contributed by atoms with Gasteiger partial charge in [-0.15, -0.1) is 0 Å². The van der Waals surface area contributed by atoms with Crippen molar-refractivity contribution < 1.29 is 18.3 Å². The molecular weight excluding hydrogens is 314 g/mol. The molecule has 110 valence electrons. The topological polar surface area (TPSA) is 74.7 Å². The first-order chi connectivity index (χ1) is 9.84. The molecule has 0 radical (unpaired) electrons. The fourth-order valence-corrected chi connectivity index (χ4v) is 3.36. The van der Waals surface area contributed by atoms with Crippen molar-refractivity contribution in [2.24, 2.45) is 0 Å². The van der Waals surface area contributed by atoms with Gasteiger partial charge in [0.25, 0.3) is 10.0 Å². The van der Waals surface area contributed by atoms with E-state index in [1.807, 2.05) is 0 Å². The Morgan fingerprint density at radius 3 is 2.43 bits per heavy atom. The summed E-state index contributed by atoms with van der Waals surface area (Å²) < 4.78 is 26.0. The Hall–Kier alpha value is -2.05.